The zero-order valence-corrected chi connectivity index (χ0v) is 15.0. The van der Waals surface area contributed by atoms with Gasteiger partial charge in [0.25, 0.3) is 0 Å². The van der Waals surface area contributed by atoms with E-state index in [9.17, 15) is 9.59 Å². The molecule has 0 bridgehead atoms. The van der Waals surface area contributed by atoms with Crippen molar-refractivity contribution in [2.24, 2.45) is 7.05 Å². The van der Waals surface area contributed by atoms with Gasteiger partial charge in [-0.15, -0.1) is 0 Å². The van der Waals surface area contributed by atoms with E-state index in [0.29, 0.717) is 13.0 Å². The average molecular weight is 354 g/mol. The van der Waals surface area contributed by atoms with E-state index in [1.54, 1.807) is 11.6 Å². The summed E-state index contributed by atoms with van der Waals surface area (Å²) in [7, 11) is 1.67. The number of fused-ring (bicyclic) bond motifs is 2. The number of carbonyl (C=O) groups is 1. The van der Waals surface area contributed by atoms with E-state index in [1.165, 1.54) is 4.68 Å². The molecule has 2 aromatic heterocycles. The smallest absolute Gasteiger partial charge is 0.345 e. The molecule has 3 heterocycles. The zero-order chi connectivity index (χ0) is 18.3. The van der Waals surface area contributed by atoms with Gasteiger partial charge in [0.2, 0.25) is 5.91 Å². The molecule has 0 aliphatic carbocycles. The number of hydrogen-bond donors (Lipinski definition) is 1. The molecule has 0 saturated heterocycles. The van der Waals surface area contributed by atoms with Crippen molar-refractivity contribution in [2.45, 2.75) is 45.3 Å². The van der Waals surface area contributed by atoms with E-state index >= 15 is 0 Å². The fraction of sp³-hybridized carbons (Fsp3) is 0.444. The summed E-state index contributed by atoms with van der Waals surface area (Å²) < 4.78 is 5.02. The summed E-state index contributed by atoms with van der Waals surface area (Å²) in [5, 5.41) is 7.38. The van der Waals surface area contributed by atoms with Crippen molar-refractivity contribution in [3.63, 3.8) is 0 Å². The highest BCUT2D eigenvalue weighted by molar-refractivity contribution is 5.81. The molecule has 8 nitrogen and oxygen atoms in total. The number of nitrogens with one attached hydrogen (secondary N) is 1. The number of aryl methyl sites for hydroxylation is 3. The predicted molar refractivity (Wildman–Crippen MR) is 96.8 cm³/mol. The molecular weight excluding hydrogens is 332 g/mol. The normalized spacial score (nSPS) is 17.1. The molecule has 1 atom stereocenters. The molecular formula is C18H22N6O2. The van der Waals surface area contributed by atoms with Crippen LogP contribution in [0.5, 0.6) is 0 Å². The first-order valence-corrected chi connectivity index (χ1v) is 8.87. The van der Waals surface area contributed by atoms with Crippen LogP contribution in [0.2, 0.25) is 0 Å². The first-order chi connectivity index (χ1) is 12.5. The van der Waals surface area contributed by atoms with Crippen LogP contribution in [0.4, 0.5) is 0 Å². The van der Waals surface area contributed by atoms with Crippen LogP contribution < -0.4 is 11.0 Å². The summed E-state index contributed by atoms with van der Waals surface area (Å²) in [6, 6.07) is 7.86. The molecule has 1 N–H and O–H groups in total. The van der Waals surface area contributed by atoms with Gasteiger partial charge in [0.05, 0.1) is 11.0 Å². The van der Waals surface area contributed by atoms with Gasteiger partial charge in [-0.2, -0.15) is 5.10 Å². The third-order valence-corrected chi connectivity index (χ3v) is 5.01. The van der Waals surface area contributed by atoms with Gasteiger partial charge >= 0.3 is 5.69 Å². The molecule has 1 aromatic carbocycles. The van der Waals surface area contributed by atoms with Crippen LogP contribution >= 0.6 is 0 Å². The molecule has 0 fully saturated rings. The van der Waals surface area contributed by atoms with Crippen LogP contribution in [-0.4, -0.2) is 35.8 Å². The number of nitrogens with zero attached hydrogens (tertiary/aromatic N) is 5. The maximum Gasteiger partial charge on any atom is 0.345 e. The fourth-order valence-corrected chi connectivity index (χ4v) is 3.65. The Hall–Kier alpha value is -2.90. The lowest BCUT2D eigenvalue weighted by Gasteiger charge is -2.17. The third-order valence-electron chi connectivity index (χ3n) is 5.01. The van der Waals surface area contributed by atoms with E-state index in [1.807, 2.05) is 35.8 Å². The Morgan fingerprint density at radius 2 is 2.12 bits per heavy atom. The lowest BCUT2D eigenvalue weighted by molar-refractivity contribution is -0.122. The van der Waals surface area contributed by atoms with Crippen LogP contribution in [-0.2, 0) is 31.4 Å². The molecule has 4 rings (SSSR count). The number of benzene rings is 1. The molecule has 3 aromatic rings. The highest BCUT2D eigenvalue weighted by atomic mass is 16.2. The number of hydrogen-bond acceptors (Lipinski definition) is 4. The summed E-state index contributed by atoms with van der Waals surface area (Å²) in [5.41, 5.74) is 1.77. The van der Waals surface area contributed by atoms with Crippen LogP contribution in [0.25, 0.3) is 11.0 Å². The topological polar surface area (TPSA) is 86.7 Å². The fourth-order valence-electron chi connectivity index (χ4n) is 3.65. The predicted octanol–water partition coefficient (Wildman–Crippen LogP) is 0.761. The van der Waals surface area contributed by atoms with Crippen molar-refractivity contribution in [1.82, 2.24) is 29.2 Å². The molecule has 0 saturated carbocycles. The number of imidazole rings is 1. The van der Waals surface area contributed by atoms with Crippen molar-refractivity contribution in [3.8, 4) is 0 Å². The van der Waals surface area contributed by atoms with Crippen LogP contribution in [0.15, 0.2) is 29.1 Å². The minimum absolute atomic E-state index is 0.0336. The molecule has 8 heteroatoms. The van der Waals surface area contributed by atoms with Gasteiger partial charge < -0.3 is 9.88 Å². The Bertz CT molecular complexity index is 1030. The minimum atomic E-state index is -0.0903. The second-order valence-corrected chi connectivity index (χ2v) is 6.80. The first kappa shape index (κ1) is 16.6. The molecule has 26 heavy (non-hydrogen) atoms. The van der Waals surface area contributed by atoms with Gasteiger partial charge in [0.15, 0.2) is 0 Å². The number of amides is 1. The second-order valence-electron chi connectivity index (χ2n) is 6.80. The van der Waals surface area contributed by atoms with Crippen molar-refractivity contribution in [1.29, 1.82) is 0 Å². The monoisotopic (exact) mass is 354 g/mol. The van der Waals surface area contributed by atoms with Crippen LogP contribution in [0.1, 0.15) is 24.5 Å². The third kappa shape index (κ3) is 2.91. The van der Waals surface area contributed by atoms with Crippen molar-refractivity contribution < 1.29 is 4.79 Å². The van der Waals surface area contributed by atoms with Gasteiger partial charge in [-0.3, -0.25) is 9.36 Å². The Morgan fingerprint density at radius 3 is 2.96 bits per heavy atom. The average Bonchev–Trinajstić information content (AvgIpc) is 2.98. The first-order valence-electron chi connectivity index (χ1n) is 8.87. The summed E-state index contributed by atoms with van der Waals surface area (Å²) in [6.07, 6.45) is 2.20. The van der Waals surface area contributed by atoms with Gasteiger partial charge in [-0.1, -0.05) is 12.1 Å². The Balaban J connectivity index is 1.44. The number of para-hydroxylation sites is 2. The van der Waals surface area contributed by atoms with E-state index in [2.05, 4.69) is 15.4 Å². The van der Waals surface area contributed by atoms with E-state index < -0.39 is 0 Å². The number of aromatic nitrogens is 5. The highest BCUT2D eigenvalue weighted by Gasteiger charge is 2.21. The SMILES string of the molecule is Cc1nc2ccccc2n1CC(=O)NC1CCc2nn(C)c(=O)n2CC1. The number of rotatable bonds is 3. The van der Waals surface area contributed by atoms with Crippen molar-refractivity contribution in [2.75, 3.05) is 0 Å². The molecule has 136 valence electrons. The lowest BCUT2D eigenvalue weighted by atomic mass is 10.1. The van der Waals surface area contributed by atoms with E-state index in [4.69, 9.17) is 0 Å². The van der Waals surface area contributed by atoms with Gasteiger partial charge in [-0.25, -0.2) is 14.5 Å². The standard InChI is InChI=1S/C18H22N6O2/c1-12-19-14-5-3-4-6-15(14)24(12)11-17(25)20-13-7-8-16-21-22(2)18(26)23(16)10-9-13/h3-6,13H,7-11H2,1-2H3,(H,20,25). The van der Waals surface area contributed by atoms with Crippen molar-refractivity contribution in [3.05, 3.63) is 46.4 Å². The maximum atomic E-state index is 12.6. The molecule has 0 radical (unpaired) electrons. The maximum absolute atomic E-state index is 12.6. The molecule has 1 amide bonds. The summed E-state index contributed by atoms with van der Waals surface area (Å²) in [4.78, 5) is 29.1. The van der Waals surface area contributed by atoms with E-state index in [-0.39, 0.29) is 24.2 Å². The summed E-state index contributed by atoms with van der Waals surface area (Å²) in [5.74, 6) is 1.59. The molecule has 1 aliphatic rings. The second kappa shape index (κ2) is 6.44. The Labute approximate surface area is 150 Å². The lowest BCUT2D eigenvalue weighted by Crippen LogP contribution is -2.37. The molecule has 1 unspecified atom stereocenters. The zero-order valence-electron chi connectivity index (χ0n) is 15.0. The van der Waals surface area contributed by atoms with E-state index in [0.717, 1.165) is 35.5 Å². The Morgan fingerprint density at radius 1 is 1.31 bits per heavy atom. The Kier molecular flexibility index (Phi) is 4.10. The molecule has 1 aliphatic heterocycles. The quantitative estimate of drug-likeness (QED) is 0.752. The van der Waals surface area contributed by atoms with Crippen molar-refractivity contribution >= 4 is 16.9 Å². The summed E-state index contributed by atoms with van der Waals surface area (Å²) >= 11 is 0. The molecule has 0 spiro atoms. The van der Waals surface area contributed by atoms with Gasteiger partial charge in [0.1, 0.15) is 18.2 Å². The van der Waals surface area contributed by atoms with Crippen LogP contribution in [0, 0.1) is 6.92 Å². The largest absolute Gasteiger partial charge is 0.352 e. The van der Waals surface area contributed by atoms with Gasteiger partial charge in [0, 0.05) is 26.1 Å². The van der Waals surface area contributed by atoms with Gasteiger partial charge in [-0.05, 0) is 31.9 Å². The summed E-state index contributed by atoms with van der Waals surface area (Å²) in [6.45, 7) is 2.74. The number of carbonyl (C=O) groups excluding carboxylic acids is 1. The minimum Gasteiger partial charge on any atom is -0.352 e. The highest BCUT2D eigenvalue weighted by Crippen LogP contribution is 2.16. The van der Waals surface area contributed by atoms with Crippen LogP contribution in [0.3, 0.4) is 0 Å².